The predicted octanol–water partition coefficient (Wildman–Crippen LogP) is 2.76. The number of nitrogen functional groups attached to an aromatic ring is 1. The maximum absolute atomic E-state index is 13.4. The molecule has 1 heterocycles. The summed E-state index contributed by atoms with van der Waals surface area (Å²) in [5.74, 6) is 4.22. The summed E-state index contributed by atoms with van der Waals surface area (Å²) in [5, 5.41) is 0. The van der Waals surface area contributed by atoms with E-state index >= 15 is 0 Å². The van der Waals surface area contributed by atoms with Crippen molar-refractivity contribution in [3.05, 3.63) is 53.0 Å². The summed E-state index contributed by atoms with van der Waals surface area (Å²) in [6.07, 6.45) is 0. The number of carbonyl (C=O) groups excluding carboxylic acids is 1. The molecule has 2 aromatic rings. The Hall–Kier alpha value is -1.86. The summed E-state index contributed by atoms with van der Waals surface area (Å²) >= 11 is 1.15. The average Bonchev–Trinajstić information content (AvgIpc) is 2.78. The molecule has 0 bridgehead atoms. The lowest BCUT2D eigenvalue weighted by molar-refractivity contribution is 0.0923. The molecular weight excluding hydrogens is 286 g/mol. The molecule has 0 atom stereocenters. The van der Waals surface area contributed by atoms with Gasteiger partial charge in [-0.25, -0.2) is 14.6 Å². The van der Waals surface area contributed by atoms with Gasteiger partial charge in [0.15, 0.2) is 5.76 Å². The van der Waals surface area contributed by atoms with Crippen molar-refractivity contribution in [1.82, 2.24) is 5.43 Å². The van der Waals surface area contributed by atoms with E-state index in [0.29, 0.717) is 22.0 Å². The smallest absolute Gasteiger partial charge is 0.301 e. The van der Waals surface area contributed by atoms with Crippen LogP contribution in [0.15, 0.2) is 33.6 Å². The molecule has 20 heavy (non-hydrogen) atoms. The van der Waals surface area contributed by atoms with Crippen molar-refractivity contribution >= 4 is 17.7 Å². The Morgan fingerprint density at radius 2 is 2.15 bits per heavy atom. The molecule has 1 aromatic heterocycles. The first-order valence-electron chi connectivity index (χ1n) is 5.69. The third-order valence-corrected chi connectivity index (χ3v) is 3.64. The van der Waals surface area contributed by atoms with Gasteiger partial charge in [-0.1, -0.05) is 0 Å². The van der Waals surface area contributed by atoms with Crippen molar-refractivity contribution in [1.29, 1.82) is 0 Å². The molecule has 1 aromatic carbocycles. The maximum Gasteiger partial charge on any atom is 0.301 e. The number of rotatable bonds is 4. The number of nitrogens with two attached hydrogens (primary N) is 1. The molecule has 3 N–H and O–H groups in total. The van der Waals surface area contributed by atoms with Crippen LogP contribution in [-0.2, 0) is 5.75 Å². The highest BCUT2D eigenvalue weighted by atomic mass is 32.2. The molecule has 1 amide bonds. The number of benzene rings is 1. The van der Waals surface area contributed by atoms with Gasteiger partial charge in [0.05, 0.1) is 5.75 Å². The quantitative estimate of drug-likeness (QED) is 0.394. The first-order valence-corrected chi connectivity index (χ1v) is 6.68. The third-order valence-electron chi connectivity index (χ3n) is 2.57. The minimum Gasteiger partial charge on any atom is -0.455 e. The zero-order valence-electron chi connectivity index (χ0n) is 10.6. The highest BCUT2D eigenvalue weighted by molar-refractivity contribution is 7.98. The van der Waals surface area contributed by atoms with Gasteiger partial charge in [-0.05, 0) is 25.1 Å². The fraction of sp³-hybridized carbons (Fsp3) is 0.154. The van der Waals surface area contributed by atoms with Crippen LogP contribution in [0.5, 0.6) is 0 Å². The summed E-state index contributed by atoms with van der Waals surface area (Å²) in [6.45, 7) is 1.71. The highest BCUT2D eigenvalue weighted by Crippen LogP contribution is 2.27. The van der Waals surface area contributed by atoms with Crippen LogP contribution in [-0.4, -0.2) is 5.91 Å². The van der Waals surface area contributed by atoms with E-state index in [4.69, 9.17) is 10.3 Å². The molecule has 2 rings (SSSR count). The molecule has 0 unspecified atom stereocenters. The van der Waals surface area contributed by atoms with E-state index in [-0.39, 0.29) is 5.76 Å². The first kappa shape index (κ1) is 14.5. The Morgan fingerprint density at radius 1 is 1.40 bits per heavy atom. The molecule has 0 fully saturated rings. The molecule has 0 saturated heterocycles. The molecular formula is C13H12F2N2O2S. The second-order valence-corrected chi connectivity index (χ2v) is 5.08. The van der Waals surface area contributed by atoms with Crippen molar-refractivity contribution in [2.75, 3.05) is 0 Å². The number of carbonyl (C=O) groups is 1. The van der Waals surface area contributed by atoms with E-state index in [1.807, 2.05) is 5.43 Å². The lowest BCUT2D eigenvalue weighted by Gasteiger charge is -2.01. The van der Waals surface area contributed by atoms with Crippen LogP contribution >= 0.6 is 11.8 Å². The summed E-state index contributed by atoms with van der Waals surface area (Å²) in [5.41, 5.74) is 2.63. The number of amides is 1. The predicted molar refractivity (Wildman–Crippen MR) is 71.0 cm³/mol. The van der Waals surface area contributed by atoms with Gasteiger partial charge in [0.1, 0.15) is 17.4 Å². The van der Waals surface area contributed by atoms with Crippen LogP contribution < -0.4 is 11.3 Å². The van der Waals surface area contributed by atoms with E-state index < -0.39 is 17.5 Å². The van der Waals surface area contributed by atoms with Crippen LogP contribution in [0.25, 0.3) is 0 Å². The average molecular weight is 298 g/mol. The van der Waals surface area contributed by atoms with Gasteiger partial charge < -0.3 is 4.42 Å². The number of hydrogen-bond donors (Lipinski definition) is 2. The van der Waals surface area contributed by atoms with Crippen LogP contribution in [0.2, 0.25) is 0 Å². The summed E-state index contributed by atoms with van der Waals surface area (Å²) in [6, 6.07) is 5.05. The second-order valence-electron chi connectivity index (χ2n) is 4.06. The van der Waals surface area contributed by atoms with Crippen molar-refractivity contribution in [2.45, 2.75) is 17.6 Å². The van der Waals surface area contributed by atoms with E-state index in [0.717, 1.165) is 17.8 Å². The molecule has 0 aliphatic rings. The molecule has 4 nitrogen and oxygen atoms in total. The number of furan rings is 1. The number of aryl methyl sites for hydroxylation is 1. The van der Waals surface area contributed by atoms with Crippen molar-refractivity contribution < 1.29 is 18.0 Å². The summed E-state index contributed by atoms with van der Waals surface area (Å²) in [7, 11) is 0. The molecule has 7 heteroatoms. The normalized spacial score (nSPS) is 10.6. The van der Waals surface area contributed by atoms with Crippen LogP contribution in [0.3, 0.4) is 0 Å². The van der Waals surface area contributed by atoms with Crippen molar-refractivity contribution in [3.63, 3.8) is 0 Å². The Balaban J connectivity index is 2.09. The fourth-order valence-electron chi connectivity index (χ4n) is 1.65. The SMILES string of the molecule is Cc1cc(CSc2ccc(F)cc2F)oc1C(=O)NN. The van der Waals surface area contributed by atoms with Gasteiger partial charge in [0.2, 0.25) is 0 Å². The lowest BCUT2D eigenvalue weighted by atomic mass is 10.2. The lowest BCUT2D eigenvalue weighted by Crippen LogP contribution is -2.30. The number of hydrazine groups is 1. The monoisotopic (exact) mass is 298 g/mol. The molecule has 0 spiro atoms. The van der Waals surface area contributed by atoms with E-state index in [9.17, 15) is 13.6 Å². The van der Waals surface area contributed by atoms with Crippen LogP contribution in [0.1, 0.15) is 21.9 Å². The summed E-state index contributed by atoms with van der Waals surface area (Å²) < 4.78 is 31.6. The first-order chi connectivity index (χ1) is 9.51. The molecule has 106 valence electrons. The topological polar surface area (TPSA) is 68.3 Å². The van der Waals surface area contributed by atoms with Crippen molar-refractivity contribution in [3.8, 4) is 0 Å². The van der Waals surface area contributed by atoms with E-state index in [1.165, 1.54) is 12.1 Å². The van der Waals surface area contributed by atoms with Gasteiger partial charge in [-0.15, -0.1) is 11.8 Å². The third kappa shape index (κ3) is 3.17. The van der Waals surface area contributed by atoms with Gasteiger partial charge in [-0.3, -0.25) is 10.2 Å². The Bertz CT molecular complexity index is 643. The van der Waals surface area contributed by atoms with E-state index in [2.05, 4.69) is 0 Å². The minimum atomic E-state index is -0.627. The summed E-state index contributed by atoms with van der Waals surface area (Å²) in [4.78, 5) is 11.7. The maximum atomic E-state index is 13.4. The minimum absolute atomic E-state index is 0.127. The standard InChI is InChI=1S/C13H12F2N2O2S/c1-7-4-9(19-12(7)13(18)17-16)6-20-11-3-2-8(14)5-10(11)15/h2-5H,6,16H2,1H3,(H,17,18). The molecule has 0 aliphatic heterocycles. The molecule has 0 saturated carbocycles. The molecule has 0 aliphatic carbocycles. The number of halogens is 2. The second kappa shape index (κ2) is 6.06. The van der Waals surface area contributed by atoms with Gasteiger partial charge in [0.25, 0.3) is 0 Å². The number of nitrogens with one attached hydrogen (secondary N) is 1. The fourth-order valence-corrected chi connectivity index (χ4v) is 2.45. The Kier molecular flexibility index (Phi) is 4.41. The van der Waals surface area contributed by atoms with Crippen LogP contribution in [0, 0.1) is 18.6 Å². The Labute approximate surface area is 118 Å². The van der Waals surface area contributed by atoms with Gasteiger partial charge in [0, 0.05) is 16.5 Å². The number of hydrogen-bond acceptors (Lipinski definition) is 4. The Morgan fingerprint density at radius 3 is 2.80 bits per heavy atom. The van der Waals surface area contributed by atoms with Gasteiger partial charge >= 0.3 is 5.91 Å². The molecule has 0 radical (unpaired) electrons. The largest absolute Gasteiger partial charge is 0.455 e. The van der Waals surface area contributed by atoms with Crippen molar-refractivity contribution in [2.24, 2.45) is 5.84 Å². The zero-order chi connectivity index (χ0) is 14.7. The van der Waals surface area contributed by atoms with Crippen LogP contribution in [0.4, 0.5) is 8.78 Å². The van der Waals surface area contributed by atoms with E-state index in [1.54, 1.807) is 13.0 Å². The zero-order valence-corrected chi connectivity index (χ0v) is 11.4. The number of thioether (sulfide) groups is 1. The van der Waals surface area contributed by atoms with Gasteiger partial charge in [-0.2, -0.15) is 0 Å². The highest BCUT2D eigenvalue weighted by Gasteiger charge is 2.15.